The number of para-hydroxylation sites is 1. The first-order chi connectivity index (χ1) is 11.6. The van der Waals surface area contributed by atoms with Gasteiger partial charge in [-0.2, -0.15) is 4.98 Å². The third-order valence-electron chi connectivity index (χ3n) is 4.94. The van der Waals surface area contributed by atoms with Crippen LogP contribution < -0.4 is 5.32 Å². The lowest BCUT2D eigenvalue weighted by atomic mass is 10.0. The minimum absolute atomic E-state index is 0.0998. The molecule has 0 aliphatic carbocycles. The monoisotopic (exact) mass is 326 g/mol. The van der Waals surface area contributed by atoms with Crippen LogP contribution >= 0.6 is 0 Å². The van der Waals surface area contributed by atoms with Gasteiger partial charge in [-0.05, 0) is 37.9 Å². The van der Waals surface area contributed by atoms with Crippen LogP contribution in [0.5, 0.6) is 0 Å². The number of urea groups is 1. The molecule has 2 saturated heterocycles. The zero-order valence-corrected chi connectivity index (χ0v) is 14.0. The lowest BCUT2D eigenvalue weighted by Crippen LogP contribution is -2.35. The number of nitrogens with zero attached hydrogens (tertiary/aromatic N) is 5. The fourth-order valence-corrected chi connectivity index (χ4v) is 3.82. The first-order valence-corrected chi connectivity index (χ1v) is 8.33. The molecule has 7 heteroatoms. The molecule has 1 N–H and O–H groups in total. The summed E-state index contributed by atoms with van der Waals surface area (Å²) in [5, 5.41) is 7.26. The van der Waals surface area contributed by atoms with Gasteiger partial charge in [0.1, 0.15) is 5.82 Å². The van der Waals surface area contributed by atoms with E-state index < -0.39 is 0 Å². The number of carbonyl (C=O) groups is 1. The summed E-state index contributed by atoms with van der Waals surface area (Å²) in [5.74, 6) is 2.29. The maximum Gasteiger partial charge on any atom is 0.324 e. The van der Waals surface area contributed by atoms with Gasteiger partial charge >= 0.3 is 6.03 Å². The van der Waals surface area contributed by atoms with Crippen LogP contribution in [0.3, 0.4) is 0 Å². The van der Waals surface area contributed by atoms with Gasteiger partial charge in [0.15, 0.2) is 0 Å². The van der Waals surface area contributed by atoms with Crippen LogP contribution in [-0.2, 0) is 0 Å². The highest BCUT2D eigenvalue weighted by molar-refractivity contribution is 5.87. The number of hydrogen-bond donors (Lipinski definition) is 1. The first kappa shape index (κ1) is 15.1. The second kappa shape index (κ2) is 5.90. The molecular weight excluding hydrogens is 304 g/mol. The van der Waals surface area contributed by atoms with E-state index in [0.29, 0.717) is 17.8 Å². The van der Waals surface area contributed by atoms with Crippen molar-refractivity contribution < 1.29 is 4.79 Å². The molecule has 0 radical (unpaired) electrons. The number of likely N-dealkylation sites (tertiary alicyclic amines) is 2. The summed E-state index contributed by atoms with van der Waals surface area (Å²) in [6.45, 7) is 5.67. The lowest BCUT2D eigenvalue weighted by Gasteiger charge is -2.18. The number of carbonyl (C=O) groups excluding carboxylic acids is 1. The van der Waals surface area contributed by atoms with E-state index in [-0.39, 0.29) is 6.03 Å². The second-order valence-electron chi connectivity index (χ2n) is 6.81. The first-order valence-electron chi connectivity index (χ1n) is 8.33. The molecule has 2 atom stereocenters. The Hall–Kier alpha value is -2.41. The van der Waals surface area contributed by atoms with Crippen LogP contribution in [0.25, 0.3) is 5.69 Å². The van der Waals surface area contributed by atoms with Crippen molar-refractivity contribution in [3.8, 4) is 5.69 Å². The van der Waals surface area contributed by atoms with Crippen LogP contribution in [0.15, 0.2) is 30.3 Å². The molecule has 2 fully saturated rings. The Bertz CT molecular complexity index is 729. The largest absolute Gasteiger partial charge is 0.324 e. The summed E-state index contributed by atoms with van der Waals surface area (Å²) >= 11 is 0. The molecule has 126 valence electrons. The Labute approximate surface area is 141 Å². The van der Waals surface area contributed by atoms with E-state index in [1.54, 1.807) is 4.68 Å². The van der Waals surface area contributed by atoms with E-state index in [2.05, 4.69) is 27.3 Å². The molecule has 0 spiro atoms. The van der Waals surface area contributed by atoms with Crippen molar-refractivity contribution in [1.29, 1.82) is 0 Å². The number of benzene rings is 1. The summed E-state index contributed by atoms with van der Waals surface area (Å²) in [6.07, 6.45) is 0. The molecule has 2 aromatic rings. The highest BCUT2D eigenvalue weighted by atomic mass is 16.2. The van der Waals surface area contributed by atoms with Crippen LogP contribution in [-0.4, -0.2) is 63.8 Å². The maximum atomic E-state index is 12.5. The molecular formula is C17H22N6O. The molecule has 2 aliphatic rings. The van der Waals surface area contributed by atoms with Crippen molar-refractivity contribution >= 4 is 12.0 Å². The normalized spacial score (nSPS) is 23.5. The standard InChI is InChI=1S/C17H22N6O/c1-12-18-16(20-23(12)15-6-4-3-5-7-15)19-17(24)22-10-13-8-21(2)9-14(13)11-22/h3-7,13-14H,8-11H2,1-2H3,(H,19,20,24)/t13-,14+. The molecule has 7 nitrogen and oxygen atoms in total. The Morgan fingerprint density at radius 1 is 1.12 bits per heavy atom. The van der Waals surface area contributed by atoms with Crippen LogP contribution in [0.2, 0.25) is 0 Å². The number of amides is 2. The molecule has 2 aliphatic heterocycles. The van der Waals surface area contributed by atoms with Gasteiger partial charge in [-0.3, -0.25) is 5.32 Å². The molecule has 4 rings (SSSR count). The summed E-state index contributed by atoms with van der Waals surface area (Å²) < 4.78 is 1.74. The van der Waals surface area contributed by atoms with Crippen molar-refractivity contribution in [3.63, 3.8) is 0 Å². The van der Waals surface area contributed by atoms with Crippen LogP contribution in [0, 0.1) is 18.8 Å². The van der Waals surface area contributed by atoms with Crippen molar-refractivity contribution in [2.45, 2.75) is 6.92 Å². The van der Waals surface area contributed by atoms with Gasteiger partial charge in [0, 0.05) is 26.2 Å². The highest BCUT2D eigenvalue weighted by Crippen LogP contribution is 2.30. The fourth-order valence-electron chi connectivity index (χ4n) is 3.82. The molecule has 0 unspecified atom stereocenters. The molecule has 2 amide bonds. The van der Waals surface area contributed by atoms with Crippen molar-refractivity contribution in [1.82, 2.24) is 24.6 Å². The van der Waals surface area contributed by atoms with Gasteiger partial charge in [0.2, 0.25) is 0 Å². The summed E-state index contributed by atoms with van der Waals surface area (Å²) in [6, 6.07) is 9.69. The van der Waals surface area contributed by atoms with E-state index in [9.17, 15) is 4.79 Å². The average molecular weight is 326 g/mol. The van der Waals surface area contributed by atoms with E-state index in [0.717, 1.165) is 37.7 Å². The number of anilines is 1. The quantitative estimate of drug-likeness (QED) is 0.910. The van der Waals surface area contributed by atoms with Gasteiger partial charge < -0.3 is 9.80 Å². The molecule has 0 bridgehead atoms. The summed E-state index contributed by atoms with van der Waals surface area (Å²) in [7, 11) is 2.14. The van der Waals surface area contributed by atoms with E-state index in [1.807, 2.05) is 42.2 Å². The van der Waals surface area contributed by atoms with E-state index >= 15 is 0 Å². The Morgan fingerprint density at radius 2 is 1.79 bits per heavy atom. The highest BCUT2D eigenvalue weighted by Gasteiger charge is 2.40. The number of aromatic nitrogens is 3. The van der Waals surface area contributed by atoms with Crippen LogP contribution in [0.1, 0.15) is 5.82 Å². The molecule has 24 heavy (non-hydrogen) atoms. The topological polar surface area (TPSA) is 66.3 Å². The lowest BCUT2D eigenvalue weighted by molar-refractivity contribution is 0.215. The molecule has 1 aromatic carbocycles. The smallest absolute Gasteiger partial charge is 0.324 e. The maximum absolute atomic E-state index is 12.5. The number of aryl methyl sites for hydroxylation is 1. The predicted octanol–water partition coefficient (Wildman–Crippen LogP) is 1.60. The fraction of sp³-hybridized carbons (Fsp3) is 0.471. The third-order valence-corrected chi connectivity index (χ3v) is 4.94. The molecule has 3 heterocycles. The van der Waals surface area contributed by atoms with Crippen molar-refractivity contribution in [3.05, 3.63) is 36.2 Å². The van der Waals surface area contributed by atoms with Gasteiger partial charge in [0.05, 0.1) is 5.69 Å². The van der Waals surface area contributed by atoms with Gasteiger partial charge in [0.25, 0.3) is 5.95 Å². The van der Waals surface area contributed by atoms with Crippen LogP contribution in [0.4, 0.5) is 10.7 Å². The third kappa shape index (κ3) is 2.75. The van der Waals surface area contributed by atoms with Crippen molar-refractivity contribution in [2.75, 3.05) is 38.5 Å². The van der Waals surface area contributed by atoms with E-state index in [1.165, 1.54) is 0 Å². The Morgan fingerprint density at radius 3 is 2.46 bits per heavy atom. The van der Waals surface area contributed by atoms with Crippen molar-refractivity contribution in [2.24, 2.45) is 11.8 Å². The minimum Gasteiger partial charge on any atom is -0.324 e. The summed E-state index contributed by atoms with van der Waals surface area (Å²) in [4.78, 5) is 21.1. The van der Waals surface area contributed by atoms with Gasteiger partial charge in [-0.15, -0.1) is 5.10 Å². The number of rotatable bonds is 2. The molecule has 1 aromatic heterocycles. The average Bonchev–Trinajstić information content (AvgIpc) is 3.21. The zero-order valence-electron chi connectivity index (χ0n) is 14.0. The predicted molar refractivity (Wildman–Crippen MR) is 91.2 cm³/mol. The Kier molecular flexibility index (Phi) is 3.72. The SMILES string of the molecule is Cc1nc(NC(=O)N2C[C@H]3CN(C)C[C@H]3C2)nn1-c1ccccc1. The van der Waals surface area contributed by atoms with E-state index in [4.69, 9.17) is 0 Å². The van der Waals surface area contributed by atoms with Gasteiger partial charge in [-0.1, -0.05) is 18.2 Å². The second-order valence-corrected chi connectivity index (χ2v) is 6.81. The Balaban J connectivity index is 1.44. The number of fused-ring (bicyclic) bond motifs is 1. The number of hydrogen-bond acceptors (Lipinski definition) is 4. The minimum atomic E-state index is -0.0998. The summed E-state index contributed by atoms with van der Waals surface area (Å²) in [5.41, 5.74) is 0.932. The number of nitrogens with one attached hydrogen (secondary N) is 1. The zero-order chi connectivity index (χ0) is 16.7. The van der Waals surface area contributed by atoms with Gasteiger partial charge in [-0.25, -0.2) is 9.48 Å². The molecule has 0 saturated carbocycles.